The topological polar surface area (TPSA) is 16.4 Å². The van der Waals surface area contributed by atoms with Crippen molar-refractivity contribution in [2.75, 3.05) is 4.90 Å². The van der Waals surface area contributed by atoms with Gasteiger partial charge in [0.05, 0.1) is 0 Å². The van der Waals surface area contributed by atoms with Crippen LogP contribution in [0.4, 0.5) is 17.1 Å². The molecule has 12 aromatic rings. The zero-order valence-electron chi connectivity index (χ0n) is 32.7. The minimum atomic E-state index is 0.900. The van der Waals surface area contributed by atoms with Crippen LogP contribution in [0.25, 0.3) is 98.4 Å². The first-order valence-corrected chi connectivity index (χ1v) is 20.6. The fourth-order valence-corrected chi connectivity index (χ4v) is 9.36. The Balaban J connectivity index is 1.00. The minimum Gasteiger partial charge on any atom is -0.456 e. The molecule has 0 radical (unpaired) electrons. The molecule has 0 bridgehead atoms. The normalized spacial score (nSPS) is 11.7. The highest BCUT2D eigenvalue weighted by Crippen LogP contribution is 2.43. The van der Waals surface area contributed by atoms with Gasteiger partial charge in [-0.15, -0.1) is 0 Å². The Bertz CT molecular complexity index is 3570. The summed E-state index contributed by atoms with van der Waals surface area (Å²) in [6.45, 7) is 0. The van der Waals surface area contributed by atoms with Crippen LogP contribution in [0.15, 0.2) is 229 Å². The van der Waals surface area contributed by atoms with Crippen LogP contribution in [0.2, 0.25) is 0 Å². The second kappa shape index (κ2) is 13.9. The Kier molecular flexibility index (Phi) is 7.89. The highest BCUT2D eigenvalue weighted by Gasteiger charge is 2.18. The van der Waals surface area contributed by atoms with Gasteiger partial charge >= 0.3 is 0 Å². The lowest BCUT2D eigenvalue weighted by Gasteiger charge is -2.27. The Morgan fingerprint density at radius 2 is 0.750 bits per heavy atom. The number of fused-ring (bicyclic) bond motifs is 10. The fourth-order valence-electron chi connectivity index (χ4n) is 9.36. The fraction of sp³-hybridized carbons (Fsp3) is 0. The van der Waals surface area contributed by atoms with Crippen LogP contribution in [0.1, 0.15) is 0 Å². The van der Waals surface area contributed by atoms with Gasteiger partial charge in [-0.3, -0.25) is 0 Å². The predicted octanol–water partition coefficient (Wildman–Crippen LogP) is 16.7. The Morgan fingerprint density at radius 1 is 0.250 bits per heavy atom. The van der Waals surface area contributed by atoms with Gasteiger partial charge in [0, 0.05) is 27.8 Å². The molecule has 0 aliphatic carbocycles. The van der Waals surface area contributed by atoms with Gasteiger partial charge in [0.2, 0.25) is 0 Å². The van der Waals surface area contributed by atoms with E-state index >= 15 is 0 Å². The molecule has 0 unspecified atom stereocenters. The molecule has 0 saturated carbocycles. The van der Waals surface area contributed by atoms with Crippen LogP contribution in [0.5, 0.6) is 0 Å². The van der Waals surface area contributed by atoms with Crippen molar-refractivity contribution in [1.82, 2.24) is 0 Å². The van der Waals surface area contributed by atoms with E-state index in [2.05, 4.69) is 217 Å². The van der Waals surface area contributed by atoms with Gasteiger partial charge in [0.25, 0.3) is 0 Å². The molecule has 0 aliphatic rings. The summed E-state index contributed by atoms with van der Waals surface area (Å²) >= 11 is 0. The lowest BCUT2D eigenvalue weighted by atomic mass is 9.93. The van der Waals surface area contributed by atoms with Crippen molar-refractivity contribution in [2.45, 2.75) is 0 Å². The molecule has 2 heteroatoms. The number of benzene rings is 11. The van der Waals surface area contributed by atoms with Gasteiger partial charge in [-0.2, -0.15) is 0 Å². The van der Waals surface area contributed by atoms with Crippen molar-refractivity contribution in [1.29, 1.82) is 0 Å². The van der Waals surface area contributed by atoms with E-state index in [1.54, 1.807) is 0 Å². The van der Waals surface area contributed by atoms with Crippen LogP contribution in [-0.2, 0) is 0 Å². The van der Waals surface area contributed by atoms with E-state index in [-0.39, 0.29) is 0 Å². The van der Waals surface area contributed by atoms with Gasteiger partial charge in [-0.1, -0.05) is 164 Å². The highest BCUT2D eigenvalue weighted by atomic mass is 16.3. The lowest BCUT2D eigenvalue weighted by Crippen LogP contribution is -2.10. The molecule has 1 heterocycles. The average Bonchev–Trinajstić information content (AvgIpc) is 3.70. The standard InChI is InChI=1S/C58H37NO/c1-2-18-47-39(12-1)13-11-24-48(47)43-16-9-14-40(34-43)41-15-10-17-45(35-41)59(46-31-33-53-51-21-4-3-19-49(51)50-20-5-6-22-52(50)56(53)37-46)44-29-26-38(27-30-44)42-28-32-55-54-23-7-8-25-57(54)60-58(55)36-42/h1-37H. The van der Waals surface area contributed by atoms with Crippen molar-refractivity contribution in [2.24, 2.45) is 0 Å². The minimum absolute atomic E-state index is 0.900. The summed E-state index contributed by atoms with van der Waals surface area (Å²) in [5.41, 5.74) is 12.1. The Labute approximate surface area is 347 Å². The summed E-state index contributed by atoms with van der Waals surface area (Å²) in [6, 6.07) is 81.4. The van der Waals surface area contributed by atoms with Crippen LogP contribution in [0.3, 0.4) is 0 Å². The summed E-state index contributed by atoms with van der Waals surface area (Å²) in [7, 11) is 0. The zero-order valence-corrected chi connectivity index (χ0v) is 32.7. The van der Waals surface area contributed by atoms with E-state index in [0.29, 0.717) is 0 Å². The molecule has 280 valence electrons. The highest BCUT2D eigenvalue weighted by molar-refractivity contribution is 6.25. The monoisotopic (exact) mass is 763 g/mol. The Morgan fingerprint density at radius 3 is 1.53 bits per heavy atom. The molecule has 2 nitrogen and oxygen atoms in total. The van der Waals surface area contributed by atoms with E-state index < -0.39 is 0 Å². The van der Waals surface area contributed by atoms with E-state index in [4.69, 9.17) is 4.42 Å². The smallest absolute Gasteiger partial charge is 0.136 e. The van der Waals surface area contributed by atoms with Gasteiger partial charge in [0.1, 0.15) is 11.2 Å². The number of anilines is 3. The number of furan rings is 1. The second-order valence-electron chi connectivity index (χ2n) is 15.7. The summed E-state index contributed by atoms with van der Waals surface area (Å²) in [6.07, 6.45) is 0. The average molecular weight is 764 g/mol. The summed E-state index contributed by atoms with van der Waals surface area (Å²) < 4.78 is 6.28. The summed E-state index contributed by atoms with van der Waals surface area (Å²) in [5.74, 6) is 0. The van der Waals surface area contributed by atoms with Crippen molar-refractivity contribution in [3.63, 3.8) is 0 Å². The second-order valence-corrected chi connectivity index (χ2v) is 15.7. The number of hydrogen-bond donors (Lipinski definition) is 0. The first-order chi connectivity index (χ1) is 29.7. The maximum atomic E-state index is 6.28. The lowest BCUT2D eigenvalue weighted by molar-refractivity contribution is 0.669. The first kappa shape index (κ1) is 34.1. The molecule has 11 aromatic carbocycles. The van der Waals surface area contributed by atoms with Crippen molar-refractivity contribution < 1.29 is 4.42 Å². The quantitative estimate of drug-likeness (QED) is 0.157. The molecule has 1 aromatic heterocycles. The SMILES string of the molecule is c1cc(-c2cccc(N(c3ccc(-c4ccc5c(c4)oc4ccccc45)cc3)c3ccc4c5ccccc5c5ccccc5c4c3)c2)cc(-c2cccc3ccccc23)c1. The van der Waals surface area contributed by atoms with Gasteiger partial charge in [-0.25, -0.2) is 0 Å². The molecule has 12 rings (SSSR count). The number of para-hydroxylation sites is 1. The third-order valence-corrected chi connectivity index (χ3v) is 12.2. The van der Waals surface area contributed by atoms with E-state index in [0.717, 1.165) is 55.7 Å². The maximum absolute atomic E-state index is 6.28. The molecule has 0 atom stereocenters. The molecule has 0 saturated heterocycles. The molecule has 0 aliphatic heterocycles. The molecule has 0 N–H and O–H groups in total. The summed E-state index contributed by atoms with van der Waals surface area (Å²) in [5, 5.41) is 12.3. The van der Waals surface area contributed by atoms with Gasteiger partial charge in [-0.05, 0) is 137 Å². The first-order valence-electron chi connectivity index (χ1n) is 20.6. The largest absolute Gasteiger partial charge is 0.456 e. The summed E-state index contributed by atoms with van der Waals surface area (Å²) in [4.78, 5) is 2.40. The molecule has 0 spiro atoms. The van der Waals surface area contributed by atoms with E-state index in [9.17, 15) is 0 Å². The predicted molar refractivity (Wildman–Crippen MR) is 255 cm³/mol. The molecule has 60 heavy (non-hydrogen) atoms. The van der Waals surface area contributed by atoms with Crippen LogP contribution < -0.4 is 4.90 Å². The van der Waals surface area contributed by atoms with Crippen molar-refractivity contribution >= 4 is 82.1 Å². The molecular weight excluding hydrogens is 727 g/mol. The van der Waals surface area contributed by atoms with E-state index in [1.165, 1.54) is 59.8 Å². The third kappa shape index (κ3) is 5.65. The number of hydrogen-bond acceptors (Lipinski definition) is 2. The maximum Gasteiger partial charge on any atom is 0.136 e. The molecule has 0 fully saturated rings. The molecular formula is C58H37NO. The van der Waals surface area contributed by atoms with Crippen molar-refractivity contribution in [3.8, 4) is 33.4 Å². The van der Waals surface area contributed by atoms with E-state index in [1.807, 2.05) is 12.1 Å². The van der Waals surface area contributed by atoms with Gasteiger partial charge in [0.15, 0.2) is 0 Å². The Hall–Kier alpha value is -7.94. The molecule has 0 amide bonds. The van der Waals surface area contributed by atoms with Crippen molar-refractivity contribution in [3.05, 3.63) is 224 Å². The number of nitrogens with zero attached hydrogens (tertiary/aromatic N) is 1. The van der Waals surface area contributed by atoms with Crippen LogP contribution in [0, 0.1) is 0 Å². The number of rotatable bonds is 6. The van der Waals surface area contributed by atoms with Gasteiger partial charge < -0.3 is 9.32 Å². The van der Waals surface area contributed by atoms with Crippen LogP contribution in [-0.4, -0.2) is 0 Å². The third-order valence-electron chi connectivity index (χ3n) is 12.2. The van der Waals surface area contributed by atoms with Crippen LogP contribution >= 0.6 is 0 Å². The zero-order chi connectivity index (χ0) is 39.6.